The Morgan fingerprint density at radius 2 is 2.11 bits per heavy atom. The van der Waals surface area contributed by atoms with Crippen molar-refractivity contribution in [2.45, 2.75) is 39.0 Å². The van der Waals surface area contributed by atoms with E-state index in [1.54, 1.807) is 11.1 Å². The number of fused-ring (bicyclic) bond motifs is 1. The lowest BCUT2D eigenvalue weighted by Crippen LogP contribution is -2.43. The van der Waals surface area contributed by atoms with Crippen molar-refractivity contribution in [3.63, 3.8) is 0 Å². The summed E-state index contributed by atoms with van der Waals surface area (Å²) in [6.45, 7) is 4.14. The number of furan rings is 1. The molecule has 0 aliphatic carbocycles. The van der Waals surface area contributed by atoms with Crippen molar-refractivity contribution in [3.05, 3.63) is 65.7 Å². The summed E-state index contributed by atoms with van der Waals surface area (Å²) in [5, 5.41) is 4.08. The number of ether oxygens (including phenoxy) is 1. The number of aromatic nitrogens is 1. The third-order valence-corrected chi connectivity index (χ3v) is 5.16. The minimum atomic E-state index is -0.138. The summed E-state index contributed by atoms with van der Waals surface area (Å²) in [6, 6.07) is 13.5. The van der Waals surface area contributed by atoms with Crippen LogP contribution in [-0.2, 0) is 17.8 Å². The number of nitrogens with one attached hydrogen (secondary N) is 1. The molecule has 2 amide bonds. The number of carbonyl (C=O) groups excluding carboxylic acids is 1. The smallest absolute Gasteiger partial charge is 0.318 e. The van der Waals surface area contributed by atoms with E-state index >= 15 is 0 Å². The van der Waals surface area contributed by atoms with Crippen molar-refractivity contribution in [2.24, 2.45) is 0 Å². The Balaban J connectivity index is 1.45. The van der Waals surface area contributed by atoms with Crippen molar-refractivity contribution >= 4 is 17.0 Å². The number of urea groups is 1. The van der Waals surface area contributed by atoms with E-state index in [4.69, 9.17) is 9.15 Å². The summed E-state index contributed by atoms with van der Waals surface area (Å²) in [5.41, 5.74) is 2.76. The molecule has 2 aromatic heterocycles. The summed E-state index contributed by atoms with van der Waals surface area (Å²) < 4.78 is 11.6. The van der Waals surface area contributed by atoms with Gasteiger partial charge in [0.2, 0.25) is 0 Å². The third kappa shape index (κ3) is 4.17. The number of para-hydroxylation sites is 1. The van der Waals surface area contributed by atoms with Crippen molar-refractivity contribution in [2.75, 3.05) is 13.2 Å². The maximum absolute atomic E-state index is 12.9. The van der Waals surface area contributed by atoms with Crippen LogP contribution in [0.1, 0.15) is 29.9 Å². The number of hydrogen-bond donors (Lipinski definition) is 1. The first kappa shape index (κ1) is 18.5. The Hall–Kier alpha value is -2.86. The van der Waals surface area contributed by atoms with E-state index in [-0.39, 0.29) is 12.1 Å². The first-order valence-corrected chi connectivity index (χ1v) is 9.72. The number of carbonyl (C=O) groups is 1. The van der Waals surface area contributed by atoms with Gasteiger partial charge in [0.15, 0.2) is 0 Å². The van der Waals surface area contributed by atoms with Gasteiger partial charge < -0.3 is 19.4 Å². The number of hydrogen-bond acceptors (Lipinski definition) is 4. The van der Waals surface area contributed by atoms with E-state index in [0.717, 1.165) is 47.4 Å². The van der Waals surface area contributed by atoms with Crippen molar-refractivity contribution in [1.82, 2.24) is 15.2 Å². The molecule has 6 nitrogen and oxygen atoms in total. The fourth-order valence-electron chi connectivity index (χ4n) is 3.60. The van der Waals surface area contributed by atoms with Gasteiger partial charge in [0.05, 0.1) is 24.9 Å². The van der Waals surface area contributed by atoms with Crippen LogP contribution in [0.2, 0.25) is 0 Å². The Morgan fingerprint density at radius 1 is 1.25 bits per heavy atom. The molecule has 1 aliphatic rings. The van der Waals surface area contributed by atoms with Gasteiger partial charge in [-0.15, -0.1) is 0 Å². The molecule has 0 saturated carbocycles. The second-order valence-corrected chi connectivity index (χ2v) is 7.14. The molecule has 0 bridgehead atoms. The number of aryl methyl sites for hydroxylation is 1. The summed E-state index contributed by atoms with van der Waals surface area (Å²) in [6.07, 6.45) is 3.86. The Morgan fingerprint density at radius 3 is 2.86 bits per heavy atom. The number of rotatable bonds is 6. The van der Waals surface area contributed by atoms with Gasteiger partial charge in [0, 0.05) is 30.3 Å². The summed E-state index contributed by atoms with van der Waals surface area (Å²) in [5.74, 6) is 0.782. The maximum Gasteiger partial charge on any atom is 0.318 e. The van der Waals surface area contributed by atoms with Gasteiger partial charge >= 0.3 is 6.03 Å². The Labute approximate surface area is 164 Å². The molecule has 1 saturated heterocycles. The highest BCUT2D eigenvalue weighted by Gasteiger charge is 2.23. The average Bonchev–Trinajstić information content (AvgIpc) is 3.35. The van der Waals surface area contributed by atoms with Crippen molar-refractivity contribution < 1.29 is 13.9 Å². The van der Waals surface area contributed by atoms with Crippen LogP contribution in [0.4, 0.5) is 4.79 Å². The standard InChI is InChI=1S/C22H25N3O3/c1-16-19-9-2-3-10-20(19)28-21(16)13-24-22(26)25(15-18-8-6-12-27-18)14-17-7-4-5-11-23-17/h2-5,7,9-11,18H,6,8,12-15H2,1H3,(H,24,26)/t18-/m1/s1. The zero-order valence-electron chi connectivity index (χ0n) is 16.1. The van der Waals surface area contributed by atoms with Gasteiger partial charge in [-0.1, -0.05) is 24.3 Å². The number of benzene rings is 1. The topological polar surface area (TPSA) is 67.6 Å². The van der Waals surface area contributed by atoms with Crippen LogP contribution in [0.25, 0.3) is 11.0 Å². The number of nitrogens with zero attached hydrogens (tertiary/aromatic N) is 2. The third-order valence-electron chi connectivity index (χ3n) is 5.16. The normalized spacial score (nSPS) is 16.4. The lowest BCUT2D eigenvalue weighted by molar-refractivity contribution is 0.0790. The largest absolute Gasteiger partial charge is 0.459 e. The minimum absolute atomic E-state index is 0.0856. The van der Waals surface area contributed by atoms with E-state index in [1.165, 1.54) is 0 Å². The maximum atomic E-state index is 12.9. The first-order valence-electron chi connectivity index (χ1n) is 9.72. The SMILES string of the molecule is Cc1c(CNC(=O)N(Cc2ccccn2)C[C@H]2CCCO2)oc2ccccc12. The lowest BCUT2D eigenvalue weighted by atomic mass is 10.1. The highest BCUT2D eigenvalue weighted by molar-refractivity contribution is 5.82. The van der Waals surface area contributed by atoms with E-state index in [9.17, 15) is 4.79 Å². The Bertz CT molecular complexity index is 933. The monoisotopic (exact) mass is 379 g/mol. The molecule has 0 unspecified atom stereocenters. The number of amides is 2. The predicted octanol–water partition coefficient (Wildman–Crippen LogP) is 4.03. The summed E-state index contributed by atoms with van der Waals surface area (Å²) >= 11 is 0. The molecule has 1 fully saturated rings. The van der Waals surface area contributed by atoms with Crippen molar-refractivity contribution in [3.8, 4) is 0 Å². The fourth-order valence-corrected chi connectivity index (χ4v) is 3.60. The number of pyridine rings is 1. The Kier molecular flexibility index (Phi) is 5.58. The molecule has 3 aromatic rings. The summed E-state index contributed by atoms with van der Waals surface area (Å²) in [4.78, 5) is 19.1. The van der Waals surface area contributed by atoms with Gasteiger partial charge in [0.1, 0.15) is 11.3 Å². The van der Waals surface area contributed by atoms with Gasteiger partial charge in [-0.3, -0.25) is 4.98 Å². The van der Waals surface area contributed by atoms with Crippen LogP contribution >= 0.6 is 0 Å². The molecule has 28 heavy (non-hydrogen) atoms. The fraction of sp³-hybridized carbons (Fsp3) is 0.364. The second-order valence-electron chi connectivity index (χ2n) is 7.14. The first-order chi connectivity index (χ1) is 13.7. The predicted molar refractivity (Wildman–Crippen MR) is 107 cm³/mol. The molecule has 1 N–H and O–H groups in total. The van der Waals surface area contributed by atoms with Crippen LogP contribution in [0.3, 0.4) is 0 Å². The quantitative estimate of drug-likeness (QED) is 0.702. The highest BCUT2D eigenvalue weighted by Crippen LogP contribution is 2.24. The van der Waals surface area contributed by atoms with Crippen LogP contribution in [-0.4, -0.2) is 35.2 Å². The molecule has 146 valence electrons. The lowest BCUT2D eigenvalue weighted by Gasteiger charge is -2.25. The van der Waals surface area contributed by atoms with Gasteiger partial charge in [-0.25, -0.2) is 4.79 Å². The zero-order chi connectivity index (χ0) is 19.3. The van der Waals surface area contributed by atoms with E-state index in [2.05, 4.69) is 10.3 Å². The van der Waals surface area contributed by atoms with E-state index in [1.807, 2.05) is 49.4 Å². The van der Waals surface area contributed by atoms with E-state index in [0.29, 0.717) is 19.6 Å². The van der Waals surface area contributed by atoms with Gasteiger partial charge in [-0.05, 0) is 38.0 Å². The zero-order valence-corrected chi connectivity index (χ0v) is 16.1. The highest BCUT2D eigenvalue weighted by atomic mass is 16.5. The van der Waals surface area contributed by atoms with Crippen LogP contribution in [0.15, 0.2) is 53.1 Å². The molecule has 3 heterocycles. The molecule has 6 heteroatoms. The van der Waals surface area contributed by atoms with Crippen LogP contribution in [0.5, 0.6) is 0 Å². The average molecular weight is 379 g/mol. The van der Waals surface area contributed by atoms with Crippen LogP contribution in [0, 0.1) is 6.92 Å². The molecule has 1 aliphatic heterocycles. The van der Waals surface area contributed by atoms with Gasteiger partial charge in [-0.2, -0.15) is 0 Å². The molecule has 1 aromatic carbocycles. The van der Waals surface area contributed by atoms with E-state index < -0.39 is 0 Å². The minimum Gasteiger partial charge on any atom is -0.459 e. The molecular formula is C22H25N3O3. The van der Waals surface area contributed by atoms with Crippen LogP contribution < -0.4 is 5.32 Å². The molecule has 4 rings (SSSR count). The second kappa shape index (κ2) is 8.44. The molecule has 0 spiro atoms. The molecule has 0 radical (unpaired) electrons. The summed E-state index contributed by atoms with van der Waals surface area (Å²) in [7, 11) is 0. The van der Waals surface area contributed by atoms with Gasteiger partial charge in [0.25, 0.3) is 0 Å². The molecule has 1 atom stereocenters. The molecular weight excluding hydrogens is 354 g/mol. The van der Waals surface area contributed by atoms with Crippen molar-refractivity contribution in [1.29, 1.82) is 0 Å².